The average Bonchev–Trinajstić information content (AvgIpc) is 2.47. The Bertz CT molecular complexity index is 173. The molecule has 1 atom stereocenters. The van der Waals surface area contributed by atoms with Gasteiger partial charge >= 0.3 is 0 Å². The number of hydrogen-bond acceptors (Lipinski definition) is 3. The van der Waals surface area contributed by atoms with Crippen molar-refractivity contribution in [2.75, 3.05) is 19.6 Å². The molecule has 0 aromatic carbocycles. The Balaban J connectivity index is 1.74. The molecule has 1 unspecified atom stereocenters. The zero-order valence-corrected chi connectivity index (χ0v) is 7.10. The molecule has 2 aliphatic rings. The Morgan fingerprint density at radius 1 is 1.42 bits per heavy atom. The van der Waals surface area contributed by atoms with Gasteiger partial charge in [-0.25, -0.2) is 0 Å². The minimum Gasteiger partial charge on any atom is -0.349 e. The van der Waals surface area contributed by atoms with Gasteiger partial charge in [-0.3, -0.25) is 4.79 Å². The van der Waals surface area contributed by atoms with Crippen molar-refractivity contribution in [2.45, 2.75) is 24.9 Å². The lowest BCUT2D eigenvalue weighted by molar-refractivity contribution is -0.123. The molecule has 0 aromatic heterocycles. The maximum Gasteiger partial charge on any atom is 0.237 e. The van der Waals surface area contributed by atoms with Crippen molar-refractivity contribution < 1.29 is 4.79 Å². The van der Waals surface area contributed by atoms with Crippen LogP contribution in [0, 0.1) is 0 Å². The van der Waals surface area contributed by atoms with Crippen molar-refractivity contribution >= 4 is 5.91 Å². The lowest BCUT2D eigenvalue weighted by atomic mass is 10.1. The highest BCUT2D eigenvalue weighted by atomic mass is 16.2. The van der Waals surface area contributed by atoms with Crippen LogP contribution in [0.2, 0.25) is 0 Å². The Morgan fingerprint density at radius 2 is 2.25 bits per heavy atom. The van der Waals surface area contributed by atoms with Crippen molar-refractivity contribution in [2.24, 2.45) is 0 Å². The van der Waals surface area contributed by atoms with Gasteiger partial charge in [-0.05, 0) is 19.4 Å². The van der Waals surface area contributed by atoms with E-state index in [1.54, 1.807) is 0 Å². The molecule has 2 fully saturated rings. The summed E-state index contributed by atoms with van der Waals surface area (Å²) in [4.78, 5) is 11.4. The van der Waals surface area contributed by atoms with Gasteiger partial charge in [0.05, 0.1) is 12.1 Å². The van der Waals surface area contributed by atoms with E-state index >= 15 is 0 Å². The van der Waals surface area contributed by atoms with E-state index in [-0.39, 0.29) is 11.9 Å². The first kappa shape index (κ1) is 8.01. The fourth-order valence-electron chi connectivity index (χ4n) is 1.60. The van der Waals surface area contributed by atoms with Gasteiger partial charge in [0, 0.05) is 13.1 Å². The number of rotatable bonds is 2. The van der Waals surface area contributed by atoms with E-state index in [0.29, 0.717) is 6.04 Å². The summed E-state index contributed by atoms with van der Waals surface area (Å²) in [6.07, 6.45) is 2.12. The zero-order valence-electron chi connectivity index (χ0n) is 7.10. The first-order valence-electron chi connectivity index (χ1n) is 4.61. The second kappa shape index (κ2) is 3.41. The molecular weight excluding hydrogens is 154 g/mol. The van der Waals surface area contributed by atoms with Crippen LogP contribution < -0.4 is 16.0 Å². The molecule has 1 amide bonds. The molecule has 2 rings (SSSR count). The third kappa shape index (κ3) is 1.59. The topological polar surface area (TPSA) is 53.2 Å². The van der Waals surface area contributed by atoms with Crippen LogP contribution in [0.25, 0.3) is 0 Å². The second-order valence-corrected chi connectivity index (χ2v) is 3.51. The van der Waals surface area contributed by atoms with Crippen LogP contribution in [-0.2, 0) is 4.79 Å². The molecule has 2 aliphatic heterocycles. The first-order valence-corrected chi connectivity index (χ1v) is 4.61. The minimum atomic E-state index is 0.0746. The maximum atomic E-state index is 11.4. The molecule has 2 heterocycles. The Kier molecular flexibility index (Phi) is 2.28. The van der Waals surface area contributed by atoms with E-state index < -0.39 is 0 Å². The van der Waals surface area contributed by atoms with Crippen LogP contribution in [0.3, 0.4) is 0 Å². The van der Waals surface area contributed by atoms with Crippen molar-refractivity contribution in [3.63, 3.8) is 0 Å². The highest BCUT2D eigenvalue weighted by molar-refractivity contribution is 5.82. The smallest absolute Gasteiger partial charge is 0.237 e. The molecule has 2 saturated heterocycles. The summed E-state index contributed by atoms with van der Waals surface area (Å²) >= 11 is 0. The minimum absolute atomic E-state index is 0.0746. The summed E-state index contributed by atoms with van der Waals surface area (Å²) in [5, 5.41) is 9.29. The van der Waals surface area contributed by atoms with Gasteiger partial charge in [-0.15, -0.1) is 0 Å². The molecule has 0 spiro atoms. The van der Waals surface area contributed by atoms with Crippen LogP contribution in [-0.4, -0.2) is 37.6 Å². The standard InChI is InChI=1S/C8H15N3O/c12-8(7-2-1-3-10-7)11-6-4-9-5-6/h6-7,9-10H,1-5H2,(H,11,12). The molecule has 12 heavy (non-hydrogen) atoms. The summed E-state index contributed by atoms with van der Waals surface area (Å²) in [7, 11) is 0. The summed E-state index contributed by atoms with van der Waals surface area (Å²) < 4.78 is 0. The highest BCUT2D eigenvalue weighted by Crippen LogP contribution is 2.05. The Hall–Kier alpha value is -0.610. The van der Waals surface area contributed by atoms with Gasteiger partial charge in [-0.1, -0.05) is 0 Å². The normalized spacial score (nSPS) is 29.8. The molecule has 0 saturated carbocycles. The predicted molar refractivity (Wildman–Crippen MR) is 45.8 cm³/mol. The maximum absolute atomic E-state index is 11.4. The fourth-order valence-corrected chi connectivity index (χ4v) is 1.60. The van der Waals surface area contributed by atoms with Gasteiger partial charge in [0.25, 0.3) is 0 Å². The van der Waals surface area contributed by atoms with E-state index in [4.69, 9.17) is 0 Å². The Labute approximate surface area is 72.1 Å². The third-order valence-electron chi connectivity index (χ3n) is 2.50. The molecule has 0 radical (unpaired) electrons. The van der Waals surface area contributed by atoms with Crippen LogP contribution in [0.4, 0.5) is 0 Å². The van der Waals surface area contributed by atoms with Gasteiger partial charge in [0.2, 0.25) is 5.91 Å². The van der Waals surface area contributed by atoms with Gasteiger partial charge in [-0.2, -0.15) is 0 Å². The number of hydrogen-bond donors (Lipinski definition) is 3. The molecule has 68 valence electrons. The van der Waals surface area contributed by atoms with Crippen molar-refractivity contribution in [3.8, 4) is 0 Å². The quantitative estimate of drug-likeness (QED) is 0.488. The van der Waals surface area contributed by atoms with Crippen LogP contribution in [0.15, 0.2) is 0 Å². The lowest BCUT2D eigenvalue weighted by Crippen LogP contribution is -2.59. The SMILES string of the molecule is O=C(NC1CNC1)C1CCCN1. The highest BCUT2D eigenvalue weighted by Gasteiger charge is 2.26. The van der Waals surface area contributed by atoms with Gasteiger partial charge < -0.3 is 16.0 Å². The third-order valence-corrected chi connectivity index (χ3v) is 2.50. The van der Waals surface area contributed by atoms with Crippen LogP contribution >= 0.6 is 0 Å². The van der Waals surface area contributed by atoms with Crippen LogP contribution in [0.5, 0.6) is 0 Å². The molecular formula is C8H15N3O. The Morgan fingerprint density at radius 3 is 2.75 bits per heavy atom. The van der Waals surface area contributed by atoms with E-state index in [1.807, 2.05) is 0 Å². The second-order valence-electron chi connectivity index (χ2n) is 3.51. The summed E-state index contributed by atoms with van der Waals surface area (Å²) in [5.74, 6) is 0.180. The number of amides is 1. The fraction of sp³-hybridized carbons (Fsp3) is 0.875. The molecule has 0 bridgehead atoms. The van der Waals surface area contributed by atoms with E-state index in [1.165, 1.54) is 0 Å². The van der Waals surface area contributed by atoms with Crippen molar-refractivity contribution in [3.05, 3.63) is 0 Å². The van der Waals surface area contributed by atoms with Gasteiger partial charge in [0.15, 0.2) is 0 Å². The lowest BCUT2D eigenvalue weighted by Gasteiger charge is -2.29. The number of nitrogens with one attached hydrogen (secondary N) is 3. The summed E-state index contributed by atoms with van der Waals surface area (Å²) in [6.45, 7) is 2.85. The molecule has 0 aromatic rings. The largest absolute Gasteiger partial charge is 0.349 e. The first-order chi connectivity index (χ1) is 5.86. The number of carbonyl (C=O) groups excluding carboxylic acids is 1. The van der Waals surface area contributed by atoms with Crippen LogP contribution in [0.1, 0.15) is 12.8 Å². The average molecular weight is 169 g/mol. The molecule has 4 heteroatoms. The van der Waals surface area contributed by atoms with Crippen molar-refractivity contribution in [1.82, 2.24) is 16.0 Å². The monoisotopic (exact) mass is 169 g/mol. The molecule has 3 N–H and O–H groups in total. The predicted octanol–water partition coefficient (Wildman–Crippen LogP) is -1.17. The van der Waals surface area contributed by atoms with E-state index in [0.717, 1.165) is 32.5 Å². The van der Waals surface area contributed by atoms with Crippen molar-refractivity contribution in [1.29, 1.82) is 0 Å². The molecule has 0 aliphatic carbocycles. The number of carbonyl (C=O) groups is 1. The summed E-state index contributed by atoms with van der Waals surface area (Å²) in [6, 6.07) is 0.450. The van der Waals surface area contributed by atoms with E-state index in [2.05, 4.69) is 16.0 Å². The summed E-state index contributed by atoms with van der Waals surface area (Å²) in [5.41, 5.74) is 0. The van der Waals surface area contributed by atoms with Gasteiger partial charge in [0.1, 0.15) is 0 Å². The molecule has 4 nitrogen and oxygen atoms in total. The zero-order chi connectivity index (χ0) is 8.39. The van der Waals surface area contributed by atoms with E-state index in [9.17, 15) is 4.79 Å².